The second-order valence-corrected chi connectivity index (χ2v) is 7.09. The van der Waals surface area contributed by atoms with E-state index < -0.39 is 0 Å². The van der Waals surface area contributed by atoms with E-state index in [1.807, 2.05) is 0 Å². The topological polar surface area (TPSA) is 50.4 Å². The van der Waals surface area contributed by atoms with Crippen LogP contribution in [0.1, 0.15) is 41.0 Å². The van der Waals surface area contributed by atoms with Crippen LogP contribution in [0.25, 0.3) is 0 Å². The van der Waals surface area contributed by atoms with Gasteiger partial charge < -0.3 is 15.4 Å². The van der Waals surface area contributed by atoms with Crippen LogP contribution >= 0.6 is 0 Å². The molecular weight excluding hydrogens is 240 g/mol. The molecule has 2 rings (SSSR count). The molecule has 1 saturated heterocycles. The Bertz CT molecular complexity index is 338. The Kier molecular flexibility index (Phi) is 3.94. The average Bonchev–Trinajstić information content (AvgIpc) is 2.75. The van der Waals surface area contributed by atoms with Gasteiger partial charge in [-0.25, -0.2) is 0 Å². The molecule has 2 fully saturated rings. The van der Waals surface area contributed by atoms with Crippen molar-refractivity contribution in [3.8, 4) is 0 Å². The molecule has 4 heteroatoms. The van der Waals surface area contributed by atoms with Gasteiger partial charge in [-0.15, -0.1) is 0 Å². The number of nitrogens with one attached hydrogen (secondary N) is 2. The highest BCUT2D eigenvalue weighted by atomic mass is 16.5. The maximum atomic E-state index is 12.4. The van der Waals surface area contributed by atoms with E-state index in [9.17, 15) is 4.79 Å². The molecule has 2 unspecified atom stereocenters. The van der Waals surface area contributed by atoms with Crippen LogP contribution < -0.4 is 10.6 Å². The van der Waals surface area contributed by atoms with E-state index in [1.54, 1.807) is 0 Å². The molecule has 1 aliphatic heterocycles. The van der Waals surface area contributed by atoms with Crippen molar-refractivity contribution in [1.82, 2.24) is 10.6 Å². The number of amides is 1. The molecule has 19 heavy (non-hydrogen) atoms. The molecule has 1 amide bonds. The molecule has 0 aromatic carbocycles. The second kappa shape index (κ2) is 5.06. The van der Waals surface area contributed by atoms with Crippen molar-refractivity contribution in [3.05, 3.63) is 0 Å². The SMILES string of the molecule is CCCNC1COCC1C(=O)NC1C(C)(C)C1(C)C. The van der Waals surface area contributed by atoms with Gasteiger partial charge in [-0.1, -0.05) is 34.6 Å². The number of hydrogen-bond donors (Lipinski definition) is 2. The van der Waals surface area contributed by atoms with Crippen molar-refractivity contribution in [1.29, 1.82) is 0 Å². The van der Waals surface area contributed by atoms with Gasteiger partial charge in [-0.05, 0) is 23.8 Å². The van der Waals surface area contributed by atoms with E-state index in [0.29, 0.717) is 13.2 Å². The monoisotopic (exact) mass is 268 g/mol. The summed E-state index contributed by atoms with van der Waals surface area (Å²) < 4.78 is 5.47. The Labute approximate surface area is 116 Å². The van der Waals surface area contributed by atoms with Crippen molar-refractivity contribution in [2.24, 2.45) is 16.7 Å². The number of carbonyl (C=O) groups excluding carboxylic acids is 1. The van der Waals surface area contributed by atoms with Crippen LogP contribution in [0.15, 0.2) is 0 Å². The summed E-state index contributed by atoms with van der Waals surface area (Å²) in [4.78, 5) is 12.4. The van der Waals surface area contributed by atoms with Gasteiger partial charge in [0.1, 0.15) is 0 Å². The molecule has 110 valence electrons. The number of hydrogen-bond acceptors (Lipinski definition) is 3. The summed E-state index contributed by atoms with van der Waals surface area (Å²) in [6, 6.07) is 0.449. The number of ether oxygens (including phenoxy) is 1. The van der Waals surface area contributed by atoms with Crippen molar-refractivity contribution >= 4 is 5.91 Å². The summed E-state index contributed by atoms with van der Waals surface area (Å²) in [5.74, 6) is 0.105. The third kappa shape index (κ3) is 2.52. The smallest absolute Gasteiger partial charge is 0.227 e. The lowest BCUT2D eigenvalue weighted by Crippen LogP contribution is -2.45. The standard InChI is InChI=1S/C15H28N2O2/c1-6-7-16-11-9-19-8-10(11)12(18)17-13-14(2,3)15(13,4)5/h10-11,13,16H,6-9H2,1-5H3,(H,17,18). The zero-order chi connectivity index (χ0) is 14.3. The summed E-state index contributed by atoms with van der Waals surface area (Å²) in [5.41, 5.74) is 0.378. The summed E-state index contributed by atoms with van der Waals surface area (Å²) in [6.45, 7) is 13.1. The zero-order valence-electron chi connectivity index (χ0n) is 12.9. The van der Waals surface area contributed by atoms with Crippen LogP contribution in [0.5, 0.6) is 0 Å². The molecule has 1 aliphatic carbocycles. The molecule has 1 saturated carbocycles. The maximum Gasteiger partial charge on any atom is 0.227 e. The minimum absolute atomic E-state index is 0.0428. The highest BCUT2D eigenvalue weighted by molar-refractivity contribution is 5.81. The molecule has 0 aromatic rings. The molecule has 2 atom stereocenters. The molecule has 0 aromatic heterocycles. The summed E-state index contributed by atoms with van der Waals surface area (Å²) in [6.07, 6.45) is 1.08. The Morgan fingerprint density at radius 2 is 1.84 bits per heavy atom. The molecule has 2 N–H and O–H groups in total. The van der Waals surface area contributed by atoms with Crippen molar-refractivity contribution in [2.45, 2.75) is 53.1 Å². The molecule has 1 heterocycles. The first-order chi connectivity index (χ1) is 8.82. The summed E-state index contributed by atoms with van der Waals surface area (Å²) in [7, 11) is 0. The second-order valence-electron chi connectivity index (χ2n) is 7.09. The zero-order valence-corrected chi connectivity index (χ0v) is 12.9. The Hall–Kier alpha value is -0.610. The van der Waals surface area contributed by atoms with Crippen molar-refractivity contribution in [3.63, 3.8) is 0 Å². The quantitative estimate of drug-likeness (QED) is 0.795. The van der Waals surface area contributed by atoms with E-state index in [0.717, 1.165) is 13.0 Å². The lowest BCUT2D eigenvalue weighted by molar-refractivity contribution is -0.125. The first kappa shape index (κ1) is 14.8. The van der Waals surface area contributed by atoms with Gasteiger partial charge in [-0.2, -0.15) is 0 Å². The Morgan fingerprint density at radius 1 is 1.21 bits per heavy atom. The van der Waals surface area contributed by atoms with Gasteiger partial charge in [0.25, 0.3) is 0 Å². The molecule has 2 aliphatic rings. The van der Waals surface area contributed by atoms with Gasteiger partial charge in [0.15, 0.2) is 0 Å². The highest BCUT2D eigenvalue weighted by Gasteiger charge is 2.65. The fourth-order valence-corrected chi connectivity index (χ4v) is 3.15. The van der Waals surface area contributed by atoms with Crippen LogP contribution in [0.3, 0.4) is 0 Å². The van der Waals surface area contributed by atoms with Crippen LogP contribution in [0, 0.1) is 16.7 Å². The first-order valence-corrected chi connectivity index (χ1v) is 7.44. The molecular formula is C15H28N2O2. The molecule has 4 nitrogen and oxygen atoms in total. The predicted octanol–water partition coefficient (Wildman–Crippen LogP) is 1.55. The van der Waals surface area contributed by atoms with Crippen LogP contribution in [-0.4, -0.2) is 37.7 Å². The average molecular weight is 268 g/mol. The third-order valence-corrected chi connectivity index (χ3v) is 5.38. The lowest BCUT2D eigenvalue weighted by atomic mass is 10.0. The van der Waals surface area contributed by atoms with E-state index in [2.05, 4.69) is 45.3 Å². The van der Waals surface area contributed by atoms with E-state index in [-0.39, 0.29) is 34.7 Å². The summed E-state index contributed by atoms with van der Waals surface area (Å²) in [5, 5.41) is 6.64. The van der Waals surface area contributed by atoms with Crippen LogP contribution in [-0.2, 0) is 9.53 Å². The number of carbonyl (C=O) groups is 1. The number of rotatable bonds is 5. The maximum absolute atomic E-state index is 12.4. The minimum Gasteiger partial charge on any atom is -0.379 e. The third-order valence-electron chi connectivity index (χ3n) is 5.38. The fraction of sp³-hybridized carbons (Fsp3) is 0.933. The predicted molar refractivity (Wildman–Crippen MR) is 75.9 cm³/mol. The molecule has 0 spiro atoms. The van der Waals surface area contributed by atoms with Gasteiger partial charge >= 0.3 is 0 Å². The van der Waals surface area contributed by atoms with Gasteiger partial charge in [0.2, 0.25) is 5.91 Å². The van der Waals surface area contributed by atoms with Gasteiger partial charge in [0.05, 0.1) is 19.1 Å². The highest BCUT2D eigenvalue weighted by Crippen LogP contribution is 2.62. The van der Waals surface area contributed by atoms with Crippen molar-refractivity contribution in [2.75, 3.05) is 19.8 Å². The van der Waals surface area contributed by atoms with E-state index >= 15 is 0 Å². The summed E-state index contributed by atoms with van der Waals surface area (Å²) >= 11 is 0. The van der Waals surface area contributed by atoms with E-state index in [1.165, 1.54) is 0 Å². The lowest BCUT2D eigenvalue weighted by Gasteiger charge is -2.19. The van der Waals surface area contributed by atoms with E-state index in [4.69, 9.17) is 4.74 Å². The largest absolute Gasteiger partial charge is 0.379 e. The van der Waals surface area contributed by atoms with Gasteiger partial charge in [-0.3, -0.25) is 4.79 Å². The first-order valence-electron chi connectivity index (χ1n) is 7.44. The van der Waals surface area contributed by atoms with Crippen LogP contribution in [0.4, 0.5) is 0 Å². The Balaban J connectivity index is 1.90. The molecule has 0 bridgehead atoms. The van der Waals surface area contributed by atoms with Crippen molar-refractivity contribution < 1.29 is 9.53 Å². The Morgan fingerprint density at radius 3 is 2.37 bits per heavy atom. The normalized spacial score (nSPS) is 32.3. The molecule has 0 radical (unpaired) electrons. The van der Waals surface area contributed by atoms with Gasteiger partial charge in [0, 0.05) is 12.1 Å². The fourth-order valence-electron chi connectivity index (χ4n) is 3.15. The van der Waals surface area contributed by atoms with Crippen LogP contribution in [0.2, 0.25) is 0 Å². The minimum atomic E-state index is -0.0428.